The van der Waals surface area contributed by atoms with Crippen LogP contribution in [0.25, 0.3) is 0 Å². The van der Waals surface area contributed by atoms with Gasteiger partial charge in [0.1, 0.15) is 0 Å². The summed E-state index contributed by atoms with van der Waals surface area (Å²) in [6, 6.07) is 1.96. The van der Waals surface area contributed by atoms with E-state index in [1.807, 2.05) is 19.9 Å². The Morgan fingerprint density at radius 1 is 1.50 bits per heavy atom. The number of hydrogen-bond acceptors (Lipinski definition) is 3. The third kappa shape index (κ3) is 4.05. The number of rotatable bonds is 4. The summed E-state index contributed by atoms with van der Waals surface area (Å²) in [4.78, 5) is 14.7. The van der Waals surface area contributed by atoms with Gasteiger partial charge in [-0.05, 0) is 50.5 Å². The van der Waals surface area contributed by atoms with Crippen molar-refractivity contribution in [3.8, 4) is 0 Å². The Bertz CT molecular complexity index is 536. The predicted octanol–water partition coefficient (Wildman–Crippen LogP) is 1.13. The van der Waals surface area contributed by atoms with Gasteiger partial charge in [-0.1, -0.05) is 0 Å². The Balaban J connectivity index is 1.82. The fourth-order valence-corrected chi connectivity index (χ4v) is 2.50. The normalized spacial score (nSPS) is 18.0. The van der Waals surface area contributed by atoms with E-state index in [9.17, 15) is 4.79 Å². The molecule has 6 heteroatoms. The number of nitrogens with one attached hydrogen (secondary N) is 3. The summed E-state index contributed by atoms with van der Waals surface area (Å²) in [5.74, 6) is 0. The van der Waals surface area contributed by atoms with E-state index >= 15 is 0 Å². The second-order valence-corrected chi connectivity index (χ2v) is 5.55. The van der Waals surface area contributed by atoms with E-state index < -0.39 is 0 Å². The van der Waals surface area contributed by atoms with Gasteiger partial charge in [0, 0.05) is 31.0 Å². The Kier molecular flexibility index (Phi) is 5.14. The minimum Gasteiger partial charge on any atom is -0.376 e. The summed E-state index contributed by atoms with van der Waals surface area (Å²) in [5, 5.41) is 6.75. The van der Waals surface area contributed by atoms with Gasteiger partial charge in [0.05, 0.1) is 6.10 Å². The largest absolute Gasteiger partial charge is 0.376 e. The van der Waals surface area contributed by atoms with Gasteiger partial charge in [0.2, 0.25) is 0 Å². The van der Waals surface area contributed by atoms with Crippen molar-refractivity contribution in [2.45, 2.75) is 39.3 Å². The number of aryl methyl sites for hydroxylation is 2. The highest BCUT2D eigenvalue weighted by atomic mass is 32.1. The summed E-state index contributed by atoms with van der Waals surface area (Å²) in [6.07, 6.45) is 2.44. The molecule has 1 aromatic rings. The fourth-order valence-electron chi connectivity index (χ4n) is 2.34. The van der Waals surface area contributed by atoms with Crippen molar-refractivity contribution in [3.63, 3.8) is 0 Å². The Morgan fingerprint density at radius 2 is 2.30 bits per heavy atom. The van der Waals surface area contributed by atoms with Crippen LogP contribution in [-0.4, -0.2) is 29.4 Å². The molecule has 110 valence electrons. The highest BCUT2D eigenvalue weighted by Crippen LogP contribution is 2.10. The van der Waals surface area contributed by atoms with Crippen molar-refractivity contribution in [2.24, 2.45) is 0 Å². The molecule has 2 rings (SSSR count). The molecular formula is C14H21N3O2S. The van der Waals surface area contributed by atoms with Crippen molar-refractivity contribution in [2.75, 3.05) is 13.2 Å². The zero-order chi connectivity index (χ0) is 14.5. The zero-order valence-corrected chi connectivity index (χ0v) is 12.7. The quantitative estimate of drug-likeness (QED) is 0.727. The molecule has 0 spiro atoms. The average molecular weight is 295 g/mol. The lowest BCUT2D eigenvalue weighted by molar-refractivity contribution is 0.114. The molecule has 3 N–H and O–H groups in total. The molecule has 1 aliphatic heterocycles. The highest BCUT2D eigenvalue weighted by Gasteiger charge is 2.15. The van der Waals surface area contributed by atoms with Crippen LogP contribution >= 0.6 is 12.2 Å². The summed E-state index contributed by atoms with van der Waals surface area (Å²) >= 11 is 5.21. The first kappa shape index (κ1) is 15.0. The number of hydrogen-bond donors (Lipinski definition) is 3. The molecule has 1 fully saturated rings. The molecule has 20 heavy (non-hydrogen) atoms. The van der Waals surface area contributed by atoms with Gasteiger partial charge >= 0.3 is 0 Å². The number of aromatic nitrogens is 1. The molecule has 0 unspecified atom stereocenters. The van der Waals surface area contributed by atoms with Crippen LogP contribution < -0.4 is 16.2 Å². The molecule has 0 saturated carbocycles. The van der Waals surface area contributed by atoms with Gasteiger partial charge in [-0.25, -0.2) is 0 Å². The summed E-state index contributed by atoms with van der Waals surface area (Å²) in [5.41, 5.74) is 2.50. The molecule has 0 bridgehead atoms. The van der Waals surface area contributed by atoms with Crippen LogP contribution in [0, 0.1) is 13.8 Å². The van der Waals surface area contributed by atoms with E-state index in [4.69, 9.17) is 17.0 Å². The lowest BCUT2D eigenvalue weighted by atomic mass is 10.1. The first-order valence-electron chi connectivity index (χ1n) is 6.89. The molecule has 1 aromatic heterocycles. The van der Waals surface area contributed by atoms with Gasteiger partial charge in [-0.15, -0.1) is 0 Å². The second-order valence-electron chi connectivity index (χ2n) is 5.14. The monoisotopic (exact) mass is 295 g/mol. The molecule has 0 amide bonds. The molecule has 5 nitrogen and oxygen atoms in total. The average Bonchev–Trinajstić information content (AvgIpc) is 2.88. The number of ether oxygens (including phenoxy) is 1. The first-order chi connectivity index (χ1) is 9.56. The number of aromatic amines is 1. The van der Waals surface area contributed by atoms with Crippen LogP contribution in [0.1, 0.15) is 29.7 Å². The smallest absolute Gasteiger partial charge is 0.253 e. The number of thiocarbonyl (C=S) groups is 1. The summed E-state index contributed by atoms with van der Waals surface area (Å²) < 4.78 is 5.51. The van der Waals surface area contributed by atoms with Crippen LogP contribution in [0.2, 0.25) is 0 Å². The van der Waals surface area contributed by atoms with Crippen LogP contribution in [0.15, 0.2) is 10.9 Å². The third-order valence-electron chi connectivity index (χ3n) is 3.43. The zero-order valence-electron chi connectivity index (χ0n) is 11.9. The molecule has 2 heterocycles. The summed E-state index contributed by atoms with van der Waals surface area (Å²) in [6.45, 7) is 5.79. The molecule has 1 atom stereocenters. The van der Waals surface area contributed by atoms with E-state index in [1.165, 1.54) is 0 Å². The Hall–Kier alpha value is -1.40. The summed E-state index contributed by atoms with van der Waals surface area (Å²) in [7, 11) is 0. The third-order valence-corrected chi connectivity index (χ3v) is 3.72. The van der Waals surface area contributed by atoms with Crippen LogP contribution in [-0.2, 0) is 11.3 Å². The van der Waals surface area contributed by atoms with E-state index in [2.05, 4.69) is 15.6 Å². The van der Waals surface area contributed by atoms with E-state index in [0.717, 1.165) is 42.8 Å². The highest BCUT2D eigenvalue weighted by molar-refractivity contribution is 7.80. The van der Waals surface area contributed by atoms with E-state index in [1.54, 1.807) is 0 Å². The SMILES string of the molecule is Cc1cc(C)c(CNC(=S)NC[C@@H]2CCCO2)c(=O)[nH]1. The van der Waals surface area contributed by atoms with Crippen molar-refractivity contribution < 1.29 is 4.74 Å². The van der Waals surface area contributed by atoms with E-state index in [0.29, 0.717) is 11.7 Å². The second kappa shape index (κ2) is 6.85. The van der Waals surface area contributed by atoms with E-state index in [-0.39, 0.29) is 11.7 Å². The van der Waals surface area contributed by atoms with Gasteiger partial charge in [-0.3, -0.25) is 4.79 Å². The van der Waals surface area contributed by atoms with Gasteiger partial charge < -0.3 is 20.4 Å². The number of H-pyrrole nitrogens is 1. The van der Waals surface area contributed by atoms with Gasteiger partial charge in [-0.2, -0.15) is 0 Å². The van der Waals surface area contributed by atoms with Crippen molar-refractivity contribution in [1.29, 1.82) is 0 Å². The predicted molar refractivity (Wildman–Crippen MR) is 83.0 cm³/mol. The van der Waals surface area contributed by atoms with Crippen molar-refractivity contribution in [3.05, 3.63) is 33.2 Å². The standard InChI is InChI=1S/C14H21N3O2S/c1-9-6-10(2)17-13(18)12(9)8-16-14(20)15-7-11-4-3-5-19-11/h6,11H,3-5,7-8H2,1-2H3,(H,17,18)(H2,15,16,20)/t11-/m0/s1. The van der Waals surface area contributed by atoms with Crippen LogP contribution in [0.4, 0.5) is 0 Å². The van der Waals surface area contributed by atoms with Gasteiger partial charge in [0.25, 0.3) is 5.56 Å². The Labute approximate surface area is 124 Å². The maximum atomic E-state index is 11.9. The van der Waals surface area contributed by atoms with Crippen molar-refractivity contribution >= 4 is 17.3 Å². The Morgan fingerprint density at radius 3 is 2.95 bits per heavy atom. The van der Waals surface area contributed by atoms with Crippen LogP contribution in [0.3, 0.4) is 0 Å². The van der Waals surface area contributed by atoms with Crippen LogP contribution in [0.5, 0.6) is 0 Å². The number of pyridine rings is 1. The fraction of sp³-hybridized carbons (Fsp3) is 0.571. The topological polar surface area (TPSA) is 66.2 Å². The molecule has 0 radical (unpaired) electrons. The lowest BCUT2D eigenvalue weighted by Gasteiger charge is -2.14. The van der Waals surface area contributed by atoms with Crippen molar-refractivity contribution in [1.82, 2.24) is 15.6 Å². The lowest BCUT2D eigenvalue weighted by Crippen LogP contribution is -2.40. The first-order valence-corrected chi connectivity index (χ1v) is 7.30. The molecule has 0 aliphatic carbocycles. The molecule has 0 aromatic carbocycles. The minimum absolute atomic E-state index is 0.0584. The molecule has 1 saturated heterocycles. The molecular weight excluding hydrogens is 274 g/mol. The maximum absolute atomic E-state index is 11.9. The molecule has 1 aliphatic rings. The maximum Gasteiger partial charge on any atom is 0.253 e. The minimum atomic E-state index is -0.0584. The van der Waals surface area contributed by atoms with Gasteiger partial charge in [0.15, 0.2) is 5.11 Å².